The minimum absolute atomic E-state index is 0.147. The largest absolute Gasteiger partial charge is 0.282 e. The molecule has 1 fully saturated rings. The highest BCUT2D eigenvalue weighted by Crippen LogP contribution is 2.35. The van der Waals surface area contributed by atoms with Crippen molar-refractivity contribution in [2.45, 2.75) is 23.7 Å². The zero-order chi connectivity index (χ0) is 19.7. The highest BCUT2D eigenvalue weighted by Gasteiger charge is 2.32. The van der Waals surface area contributed by atoms with E-state index in [9.17, 15) is 17.2 Å². The number of sulfonamides is 1. The lowest BCUT2D eigenvalue weighted by Gasteiger charge is -2.31. The first-order valence-electron chi connectivity index (χ1n) is 9.00. The number of hydrogen-bond donors (Lipinski definition) is 1. The number of halogens is 2. The molecule has 146 valence electrons. The van der Waals surface area contributed by atoms with Crippen LogP contribution in [0.5, 0.6) is 0 Å². The summed E-state index contributed by atoms with van der Waals surface area (Å²) in [5.74, 6) is -2.08. The summed E-state index contributed by atoms with van der Waals surface area (Å²) in [4.78, 5) is -0.226. The maximum atomic E-state index is 13.5. The van der Waals surface area contributed by atoms with Crippen molar-refractivity contribution in [3.63, 3.8) is 0 Å². The lowest BCUT2D eigenvalue weighted by atomic mass is 9.90. The van der Waals surface area contributed by atoms with Gasteiger partial charge in [0.25, 0.3) is 0 Å². The number of H-pyrrole nitrogens is 1. The molecule has 3 aromatic rings. The van der Waals surface area contributed by atoms with E-state index in [-0.39, 0.29) is 10.8 Å². The average Bonchev–Trinajstić information content (AvgIpc) is 3.20. The molecule has 1 saturated heterocycles. The summed E-state index contributed by atoms with van der Waals surface area (Å²) in [5, 5.41) is 7.24. The molecule has 0 atom stereocenters. The smallest absolute Gasteiger partial charge is 0.243 e. The number of aromatic amines is 1. The van der Waals surface area contributed by atoms with Crippen molar-refractivity contribution in [2.24, 2.45) is 0 Å². The topological polar surface area (TPSA) is 66.1 Å². The fourth-order valence-corrected chi connectivity index (χ4v) is 5.11. The molecule has 5 nitrogen and oxygen atoms in total. The predicted octanol–water partition coefficient (Wildman–Crippen LogP) is 3.92. The third-order valence-electron chi connectivity index (χ3n) is 5.14. The molecular formula is C20H19F2N3O2S. The van der Waals surface area contributed by atoms with Crippen LogP contribution in [-0.2, 0) is 10.0 Å². The number of hydrogen-bond acceptors (Lipinski definition) is 3. The summed E-state index contributed by atoms with van der Waals surface area (Å²) in [6, 6.07) is 12.6. The molecule has 0 unspecified atom stereocenters. The second-order valence-corrected chi connectivity index (χ2v) is 8.76. The summed E-state index contributed by atoms with van der Waals surface area (Å²) < 4.78 is 53.4. The number of nitrogens with one attached hydrogen (secondary N) is 1. The Kier molecular flexibility index (Phi) is 4.99. The maximum Gasteiger partial charge on any atom is 0.243 e. The van der Waals surface area contributed by atoms with Gasteiger partial charge in [0.1, 0.15) is 0 Å². The molecule has 1 aliphatic heterocycles. The minimum Gasteiger partial charge on any atom is -0.282 e. The Bertz CT molecular complexity index is 1080. The predicted molar refractivity (Wildman–Crippen MR) is 101 cm³/mol. The van der Waals surface area contributed by atoms with Crippen molar-refractivity contribution in [2.75, 3.05) is 13.1 Å². The summed E-state index contributed by atoms with van der Waals surface area (Å²) in [6.07, 6.45) is 3.02. The van der Waals surface area contributed by atoms with E-state index in [1.165, 1.54) is 4.31 Å². The van der Waals surface area contributed by atoms with Gasteiger partial charge in [0.2, 0.25) is 10.0 Å². The van der Waals surface area contributed by atoms with Gasteiger partial charge in [-0.25, -0.2) is 17.2 Å². The van der Waals surface area contributed by atoms with E-state index in [2.05, 4.69) is 10.2 Å². The molecule has 4 rings (SSSR count). The molecule has 2 aromatic carbocycles. The van der Waals surface area contributed by atoms with Gasteiger partial charge in [0.15, 0.2) is 11.6 Å². The van der Waals surface area contributed by atoms with Crippen LogP contribution in [0, 0.1) is 11.6 Å². The van der Waals surface area contributed by atoms with E-state index >= 15 is 0 Å². The van der Waals surface area contributed by atoms with Gasteiger partial charge in [-0.2, -0.15) is 9.40 Å². The van der Waals surface area contributed by atoms with Crippen LogP contribution in [0.4, 0.5) is 8.78 Å². The Balaban J connectivity index is 1.51. The van der Waals surface area contributed by atoms with Gasteiger partial charge in [-0.15, -0.1) is 0 Å². The Morgan fingerprint density at radius 2 is 1.71 bits per heavy atom. The fraction of sp³-hybridized carbons (Fsp3) is 0.250. The lowest BCUT2D eigenvalue weighted by Crippen LogP contribution is -2.38. The number of rotatable bonds is 4. The highest BCUT2D eigenvalue weighted by molar-refractivity contribution is 7.89. The SMILES string of the molecule is O=S(=O)(c1ccc(F)c(F)c1)N1CCC(c2[nH]ncc2-c2ccccc2)CC1. The van der Waals surface area contributed by atoms with E-state index < -0.39 is 21.7 Å². The molecule has 0 amide bonds. The van der Waals surface area contributed by atoms with Gasteiger partial charge < -0.3 is 0 Å². The second kappa shape index (κ2) is 7.44. The van der Waals surface area contributed by atoms with Gasteiger partial charge >= 0.3 is 0 Å². The Labute approximate surface area is 162 Å². The molecule has 1 aliphatic rings. The molecule has 0 aliphatic carbocycles. The molecule has 28 heavy (non-hydrogen) atoms. The monoisotopic (exact) mass is 403 g/mol. The van der Waals surface area contributed by atoms with Crippen LogP contribution in [0.15, 0.2) is 59.6 Å². The summed E-state index contributed by atoms with van der Waals surface area (Å²) in [6.45, 7) is 0.610. The van der Waals surface area contributed by atoms with Crippen molar-refractivity contribution < 1.29 is 17.2 Å². The van der Waals surface area contributed by atoms with Crippen molar-refractivity contribution in [3.8, 4) is 11.1 Å². The van der Waals surface area contributed by atoms with E-state index in [1.807, 2.05) is 30.3 Å². The highest BCUT2D eigenvalue weighted by atomic mass is 32.2. The zero-order valence-corrected chi connectivity index (χ0v) is 15.8. The summed E-state index contributed by atoms with van der Waals surface area (Å²) in [5.41, 5.74) is 3.07. The molecule has 0 bridgehead atoms. The molecule has 0 saturated carbocycles. The Hall–Kier alpha value is -2.58. The van der Waals surface area contributed by atoms with Crippen LogP contribution in [0.3, 0.4) is 0 Å². The van der Waals surface area contributed by atoms with Crippen LogP contribution in [0.2, 0.25) is 0 Å². The average molecular weight is 403 g/mol. The van der Waals surface area contributed by atoms with Gasteiger partial charge in [-0.3, -0.25) is 5.10 Å². The third kappa shape index (κ3) is 3.45. The van der Waals surface area contributed by atoms with Crippen molar-refractivity contribution in [1.29, 1.82) is 0 Å². The summed E-state index contributed by atoms with van der Waals surface area (Å²) in [7, 11) is -3.85. The normalized spacial score (nSPS) is 16.4. The van der Waals surface area contributed by atoms with Gasteiger partial charge in [0, 0.05) is 30.3 Å². The number of nitrogens with zero attached hydrogens (tertiary/aromatic N) is 2. The van der Waals surface area contributed by atoms with Crippen LogP contribution in [0.1, 0.15) is 24.5 Å². The Morgan fingerprint density at radius 1 is 1.00 bits per heavy atom. The van der Waals surface area contributed by atoms with Gasteiger partial charge in [-0.1, -0.05) is 30.3 Å². The Morgan fingerprint density at radius 3 is 2.39 bits per heavy atom. The van der Waals surface area contributed by atoms with Crippen molar-refractivity contribution in [3.05, 3.63) is 72.1 Å². The van der Waals surface area contributed by atoms with Crippen molar-refractivity contribution >= 4 is 10.0 Å². The third-order valence-corrected chi connectivity index (χ3v) is 7.04. The van der Waals surface area contributed by atoms with Crippen LogP contribution in [-0.4, -0.2) is 36.0 Å². The molecule has 0 spiro atoms. The van der Waals surface area contributed by atoms with Crippen LogP contribution < -0.4 is 0 Å². The molecule has 8 heteroatoms. The van der Waals surface area contributed by atoms with E-state index in [1.54, 1.807) is 6.20 Å². The van der Waals surface area contributed by atoms with Crippen molar-refractivity contribution in [1.82, 2.24) is 14.5 Å². The first-order chi connectivity index (χ1) is 13.5. The van der Waals surface area contributed by atoms with E-state index in [4.69, 9.17) is 0 Å². The number of benzene rings is 2. The first kappa shape index (κ1) is 18.8. The molecule has 2 heterocycles. The quantitative estimate of drug-likeness (QED) is 0.718. The molecule has 1 aromatic heterocycles. The molecule has 1 N–H and O–H groups in total. The van der Waals surface area contributed by atoms with E-state index in [0.29, 0.717) is 25.9 Å². The fourth-order valence-electron chi connectivity index (χ4n) is 3.63. The molecular weight excluding hydrogens is 384 g/mol. The maximum absolute atomic E-state index is 13.5. The molecule has 0 radical (unpaired) electrons. The van der Waals surface area contributed by atoms with Crippen LogP contribution >= 0.6 is 0 Å². The first-order valence-corrected chi connectivity index (χ1v) is 10.4. The number of aromatic nitrogens is 2. The van der Waals surface area contributed by atoms with Gasteiger partial charge in [-0.05, 0) is 36.6 Å². The van der Waals surface area contributed by atoms with Gasteiger partial charge in [0.05, 0.1) is 11.1 Å². The van der Waals surface area contributed by atoms with E-state index in [0.717, 1.165) is 35.0 Å². The zero-order valence-electron chi connectivity index (χ0n) is 15.0. The lowest BCUT2D eigenvalue weighted by molar-refractivity contribution is 0.316. The van der Waals surface area contributed by atoms with Crippen LogP contribution in [0.25, 0.3) is 11.1 Å². The minimum atomic E-state index is -3.85. The summed E-state index contributed by atoms with van der Waals surface area (Å²) >= 11 is 0. The second-order valence-electron chi connectivity index (χ2n) is 6.82. The standard InChI is InChI=1S/C20H19F2N3O2S/c21-18-7-6-16(12-19(18)22)28(26,27)25-10-8-15(9-11-25)20-17(13-23-24-20)14-4-2-1-3-5-14/h1-7,12-13,15H,8-11H2,(H,23,24). The number of piperidine rings is 1.